The van der Waals surface area contributed by atoms with Crippen molar-refractivity contribution in [1.29, 1.82) is 0 Å². The number of nitrogens with zero attached hydrogens (tertiary/aromatic N) is 1. The van der Waals surface area contributed by atoms with Crippen molar-refractivity contribution in [2.24, 2.45) is 0 Å². The standard InChI is InChI=1S/C18H20ClNO3S/c1-14-4-6-15(7-5-14)10-11-24(21,22)20(2)13-16-12-17(19)8-9-18(16)23-3/h4-12H,13H2,1-3H3/b11-10+. The Balaban J connectivity index is 2.17. The maximum absolute atomic E-state index is 12.4. The fourth-order valence-corrected chi connectivity index (χ4v) is 3.20. The Morgan fingerprint density at radius 1 is 1.17 bits per heavy atom. The quantitative estimate of drug-likeness (QED) is 0.774. The van der Waals surface area contributed by atoms with Gasteiger partial charge in [0.15, 0.2) is 0 Å². The molecule has 0 aromatic heterocycles. The second kappa shape index (κ2) is 7.83. The lowest BCUT2D eigenvalue weighted by atomic mass is 10.2. The fourth-order valence-electron chi connectivity index (χ4n) is 2.15. The van der Waals surface area contributed by atoms with Crippen molar-refractivity contribution in [1.82, 2.24) is 4.31 Å². The van der Waals surface area contributed by atoms with Gasteiger partial charge in [-0.25, -0.2) is 8.42 Å². The second-order valence-electron chi connectivity index (χ2n) is 5.47. The minimum atomic E-state index is -3.55. The van der Waals surface area contributed by atoms with Crippen LogP contribution in [0.25, 0.3) is 6.08 Å². The summed E-state index contributed by atoms with van der Waals surface area (Å²) in [7, 11) is -0.487. The van der Waals surface area contributed by atoms with Gasteiger partial charge in [0.1, 0.15) is 5.75 Å². The number of ether oxygens (including phenoxy) is 1. The maximum atomic E-state index is 12.4. The molecule has 2 rings (SSSR count). The molecule has 0 unspecified atom stereocenters. The van der Waals surface area contributed by atoms with Crippen LogP contribution >= 0.6 is 11.6 Å². The lowest BCUT2D eigenvalue weighted by Gasteiger charge is -2.17. The lowest BCUT2D eigenvalue weighted by molar-refractivity contribution is 0.399. The average molecular weight is 366 g/mol. The molecule has 128 valence electrons. The number of methoxy groups -OCH3 is 1. The van der Waals surface area contributed by atoms with Gasteiger partial charge in [0.25, 0.3) is 0 Å². The predicted octanol–water partition coefficient (Wildman–Crippen LogP) is 4.09. The van der Waals surface area contributed by atoms with Crippen LogP contribution in [0.4, 0.5) is 0 Å². The Labute approximate surface area is 148 Å². The zero-order valence-electron chi connectivity index (χ0n) is 13.9. The molecule has 6 heteroatoms. The minimum absolute atomic E-state index is 0.171. The highest BCUT2D eigenvalue weighted by Gasteiger charge is 2.17. The molecule has 0 atom stereocenters. The SMILES string of the molecule is COc1ccc(Cl)cc1CN(C)S(=O)(=O)/C=C/c1ccc(C)cc1. The van der Waals surface area contributed by atoms with Crippen LogP contribution in [0.1, 0.15) is 16.7 Å². The van der Waals surface area contributed by atoms with Gasteiger partial charge in [-0.2, -0.15) is 4.31 Å². The van der Waals surface area contributed by atoms with Crippen LogP contribution in [-0.2, 0) is 16.6 Å². The number of halogens is 1. The third-order valence-electron chi connectivity index (χ3n) is 3.58. The van der Waals surface area contributed by atoms with Gasteiger partial charge in [-0.1, -0.05) is 41.4 Å². The summed E-state index contributed by atoms with van der Waals surface area (Å²) >= 11 is 5.99. The molecule has 0 radical (unpaired) electrons. The van der Waals surface area contributed by atoms with Gasteiger partial charge >= 0.3 is 0 Å². The zero-order chi connectivity index (χ0) is 17.7. The molecule has 2 aromatic rings. The van der Waals surface area contributed by atoms with E-state index in [4.69, 9.17) is 16.3 Å². The molecule has 0 spiro atoms. The van der Waals surface area contributed by atoms with E-state index in [-0.39, 0.29) is 6.54 Å². The molecule has 0 aliphatic carbocycles. The molecule has 0 aliphatic heterocycles. The molecule has 0 fully saturated rings. The van der Waals surface area contributed by atoms with Crippen molar-refractivity contribution in [3.05, 3.63) is 69.6 Å². The lowest BCUT2D eigenvalue weighted by Crippen LogP contribution is -2.24. The van der Waals surface area contributed by atoms with Gasteiger partial charge < -0.3 is 4.74 Å². The first-order chi connectivity index (χ1) is 11.3. The van der Waals surface area contributed by atoms with E-state index in [9.17, 15) is 8.42 Å². The smallest absolute Gasteiger partial charge is 0.236 e. The van der Waals surface area contributed by atoms with Crippen molar-refractivity contribution >= 4 is 27.7 Å². The van der Waals surface area contributed by atoms with Crippen LogP contribution in [0, 0.1) is 6.92 Å². The summed E-state index contributed by atoms with van der Waals surface area (Å²) in [5.41, 5.74) is 2.66. The highest BCUT2D eigenvalue weighted by molar-refractivity contribution is 7.92. The van der Waals surface area contributed by atoms with Crippen LogP contribution in [0.2, 0.25) is 5.02 Å². The molecule has 2 aromatic carbocycles. The molecule has 0 saturated carbocycles. The highest BCUT2D eigenvalue weighted by Crippen LogP contribution is 2.24. The molecule has 24 heavy (non-hydrogen) atoms. The summed E-state index contributed by atoms with van der Waals surface area (Å²) in [6.07, 6.45) is 1.58. The summed E-state index contributed by atoms with van der Waals surface area (Å²) < 4.78 is 31.4. The van der Waals surface area contributed by atoms with Crippen molar-refractivity contribution in [3.8, 4) is 5.75 Å². The Kier molecular flexibility index (Phi) is 6.04. The Morgan fingerprint density at radius 2 is 1.83 bits per heavy atom. The molecular formula is C18H20ClNO3S. The molecule has 4 nitrogen and oxygen atoms in total. The fraction of sp³-hybridized carbons (Fsp3) is 0.222. The third kappa shape index (κ3) is 4.84. The van der Waals surface area contributed by atoms with Gasteiger partial charge in [0.05, 0.1) is 7.11 Å². The van der Waals surface area contributed by atoms with E-state index in [2.05, 4.69) is 0 Å². The summed E-state index contributed by atoms with van der Waals surface area (Å²) in [6.45, 7) is 2.15. The number of hydrogen-bond acceptors (Lipinski definition) is 3. The van der Waals surface area contributed by atoms with E-state index in [1.807, 2.05) is 31.2 Å². The normalized spacial score (nSPS) is 12.0. The van der Waals surface area contributed by atoms with Crippen LogP contribution in [0.15, 0.2) is 47.9 Å². The third-order valence-corrected chi connectivity index (χ3v) is 5.29. The zero-order valence-corrected chi connectivity index (χ0v) is 15.4. The monoisotopic (exact) mass is 365 g/mol. The second-order valence-corrected chi connectivity index (χ2v) is 7.83. The molecular weight excluding hydrogens is 346 g/mol. The van der Waals surface area contributed by atoms with Crippen molar-refractivity contribution in [2.75, 3.05) is 14.2 Å². The van der Waals surface area contributed by atoms with Crippen LogP contribution < -0.4 is 4.74 Å². The van der Waals surface area contributed by atoms with Crippen molar-refractivity contribution in [2.45, 2.75) is 13.5 Å². The van der Waals surface area contributed by atoms with Crippen molar-refractivity contribution < 1.29 is 13.2 Å². The number of aryl methyl sites for hydroxylation is 1. The van der Waals surface area contributed by atoms with Gasteiger partial charge in [0, 0.05) is 29.6 Å². The van der Waals surface area contributed by atoms with Crippen LogP contribution in [-0.4, -0.2) is 26.9 Å². The summed E-state index contributed by atoms with van der Waals surface area (Å²) in [5, 5.41) is 1.74. The van der Waals surface area contributed by atoms with Gasteiger partial charge in [-0.15, -0.1) is 0 Å². The molecule has 0 heterocycles. The van der Waals surface area contributed by atoms with E-state index < -0.39 is 10.0 Å². The van der Waals surface area contributed by atoms with Gasteiger partial charge in [0.2, 0.25) is 10.0 Å². The predicted molar refractivity (Wildman–Crippen MR) is 98.6 cm³/mol. The number of rotatable bonds is 6. The largest absolute Gasteiger partial charge is 0.496 e. The first-order valence-corrected chi connectivity index (χ1v) is 9.23. The minimum Gasteiger partial charge on any atom is -0.496 e. The average Bonchev–Trinajstić information content (AvgIpc) is 2.54. The Bertz CT molecular complexity index is 830. The van der Waals surface area contributed by atoms with E-state index in [0.29, 0.717) is 16.3 Å². The van der Waals surface area contributed by atoms with Crippen LogP contribution in [0.5, 0.6) is 5.75 Å². The topological polar surface area (TPSA) is 46.6 Å². The number of benzene rings is 2. The van der Waals surface area contributed by atoms with E-state index in [1.165, 1.54) is 16.8 Å². The Hall–Kier alpha value is -1.82. The van der Waals surface area contributed by atoms with E-state index in [0.717, 1.165) is 11.1 Å². The highest BCUT2D eigenvalue weighted by atomic mass is 35.5. The molecule has 0 saturated heterocycles. The molecule has 0 N–H and O–H groups in total. The molecule has 0 aliphatic rings. The first kappa shape index (κ1) is 18.5. The summed E-state index contributed by atoms with van der Waals surface area (Å²) in [5.74, 6) is 0.601. The van der Waals surface area contributed by atoms with Gasteiger partial charge in [-0.3, -0.25) is 0 Å². The Morgan fingerprint density at radius 3 is 2.46 bits per heavy atom. The summed E-state index contributed by atoms with van der Waals surface area (Å²) in [4.78, 5) is 0. The number of hydrogen-bond donors (Lipinski definition) is 0. The maximum Gasteiger partial charge on any atom is 0.236 e. The molecule has 0 amide bonds. The van der Waals surface area contributed by atoms with Crippen LogP contribution in [0.3, 0.4) is 0 Å². The first-order valence-electron chi connectivity index (χ1n) is 7.35. The van der Waals surface area contributed by atoms with Crippen molar-refractivity contribution in [3.63, 3.8) is 0 Å². The van der Waals surface area contributed by atoms with E-state index >= 15 is 0 Å². The molecule has 0 bridgehead atoms. The van der Waals surface area contributed by atoms with E-state index in [1.54, 1.807) is 31.4 Å². The van der Waals surface area contributed by atoms with Gasteiger partial charge in [-0.05, 0) is 36.8 Å². The number of sulfonamides is 1. The summed E-state index contributed by atoms with van der Waals surface area (Å²) in [6, 6.07) is 12.8.